The molecule has 3 heterocycles. The molecule has 0 N–H and O–H groups in total. The molecule has 0 aliphatic carbocycles. The first kappa shape index (κ1) is 21.2. The first-order valence-electron chi connectivity index (χ1n) is 11.1. The number of hydrogen-bond donors (Lipinski definition) is 0. The number of rotatable bonds is 4. The van der Waals surface area contributed by atoms with Crippen LogP contribution in [-0.2, 0) is 17.8 Å². The topological polar surface area (TPSA) is 61.8 Å². The lowest BCUT2D eigenvalue weighted by Gasteiger charge is -2.38. The summed E-state index contributed by atoms with van der Waals surface area (Å²) in [6.45, 7) is 6.62. The largest absolute Gasteiger partial charge is 0.467 e. The van der Waals surface area contributed by atoms with Gasteiger partial charge in [0.05, 0.1) is 19.3 Å². The molecule has 2 aromatic carbocycles. The Morgan fingerprint density at radius 1 is 1.00 bits per heavy atom. The zero-order valence-corrected chi connectivity index (χ0v) is 18.6. The van der Waals surface area contributed by atoms with Gasteiger partial charge in [-0.25, -0.2) is 4.39 Å². The number of anilines is 2. The molecule has 7 nitrogen and oxygen atoms in total. The van der Waals surface area contributed by atoms with Gasteiger partial charge in [-0.1, -0.05) is 43.0 Å². The van der Waals surface area contributed by atoms with Gasteiger partial charge in [0.25, 0.3) is 5.91 Å². The molecule has 0 spiro atoms. The van der Waals surface area contributed by atoms with Crippen molar-refractivity contribution < 1.29 is 13.9 Å². The minimum absolute atomic E-state index is 0.333. The van der Waals surface area contributed by atoms with E-state index in [9.17, 15) is 9.18 Å². The average Bonchev–Trinajstić information content (AvgIpc) is 2.87. The number of aromatic nitrogens is 2. The van der Waals surface area contributed by atoms with E-state index in [1.165, 1.54) is 21.4 Å². The minimum atomic E-state index is -0.918. The molecular weight excluding hydrogens is 421 g/mol. The molecule has 8 heteroatoms. The molecule has 1 fully saturated rings. The fourth-order valence-corrected chi connectivity index (χ4v) is 4.72. The Balaban J connectivity index is 1.43. The van der Waals surface area contributed by atoms with Crippen molar-refractivity contribution in [3.05, 3.63) is 66.1 Å². The predicted octanol–water partition coefficient (Wildman–Crippen LogP) is 3.33. The van der Waals surface area contributed by atoms with Gasteiger partial charge in [-0.2, -0.15) is 9.97 Å². The van der Waals surface area contributed by atoms with Gasteiger partial charge in [0.15, 0.2) is 5.83 Å². The molecule has 0 saturated carbocycles. The first-order chi connectivity index (χ1) is 16.0. The molecule has 0 bridgehead atoms. The van der Waals surface area contributed by atoms with Crippen molar-refractivity contribution in [2.45, 2.75) is 13.0 Å². The van der Waals surface area contributed by atoms with Crippen molar-refractivity contribution in [3.63, 3.8) is 0 Å². The van der Waals surface area contributed by atoms with Crippen LogP contribution in [0.1, 0.15) is 11.3 Å². The van der Waals surface area contributed by atoms with E-state index in [2.05, 4.69) is 68.8 Å². The number of benzene rings is 2. The number of halogens is 1. The minimum Gasteiger partial charge on any atom is -0.467 e. The van der Waals surface area contributed by atoms with Crippen LogP contribution >= 0.6 is 0 Å². The van der Waals surface area contributed by atoms with Crippen molar-refractivity contribution in [2.75, 3.05) is 49.6 Å². The molecule has 0 atom stereocenters. The number of carbonyl (C=O) groups excluding carboxylic acids is 1. The summed E-state index contributed by atoms with van der Waals surface area (Å²) in [4.78, 5) is 27.2. The maximum Gasteiger partial charge on any atom is 0.318 e. The number of amides is 1. The van der Waals surface area contributed by atoms with Crippen molar-refractivity contribution in [2.24, 2.45) is 0 Å². The lowest BCUT2D eigenvalue weighted by molar-refractivity contribution is -0.128. The van der Waals surface area contributed by atoms with E-state index in [-0.39, 0.29) is 0 Å². The molecule has 170 valence electrons. The summed E-state index contributed by atoms with van der Waals surface area (Å²) < 4.78 is 18.7. The van der Waals surface area contributed by atoms with E-state index in [0.717, 1.165) is 30.0 Å². The van der Waals surface area contributed by atoms with Crippen molar-refractivity contribution in [1.29, 1.82) is 0 Å². The zero-order chi connectivity index (χ0) is 22.9. The van der Waals surface area contributed by atoms with Crippen LogP contribution in [-0.4, -0.2) is 60.6 Å². The molecular formula is C25H26FN5O2. The summed E-state index contributed by atoms with van der Waals surface area (Å²) in [6.07, 6.45) is 0.804. The van der Waals surface area contributed by atoms with Crippen LogP contribution in [0.3, 0.4) is 0 Å². The number of ether oxygens (including phenoxy) is 1. The summed E-state index contributed by atoms with van der Waals surface area (Å²) in [6, 6.07) is 15.1. The summed E-state index contributed by atoms with van der Waals surface area (Å²) in [7, 11) is 1.57. The highest BCUT2D eigenvalue weighted by Gasteiger charge is 2.29. The normalized spacial score (nSPS) is 16.0. The van der Waals surface area contributed by atoms with E-state index >= 15 is 0 Å². The maximum absolute atomic E-state index is 13.3. The van der Waals surface area contributed by atoms with Crippen molar-refractivity contribution in [3.8, 4) is 6.01 Å². The van der Waals surface area contributed by atoms with E-state index in [1.807, 2.05) is 0 Å². The fourth-order valence-electron chi connectivity index (χ4n) is 4.72. The summed E-state index contributed by atoms with van der Waals surface area (Å²) in [5.74, 6) is -0.707. The maximum atomic E-state index is 13.3. The fraction of sp³-hybridized carbons (Fsp3) is 0.320. The Morgan fingerprint density at radius 2 is 1.76 bits per heavy atom. The summed E-state index contributed by atoms with van der Waals surface area (Å²) >= 11 is 0. The highest BCUT2D eigenvalue weighted by Crippen LogP contribution is 2.34. The molecule has 1 saturated heterocycles. The highest BCUT2D eigenvalue weighted by atomic mass is 19.1. The van der Waals surface area contributed by atoms with Crippen LogP contribution in [0, 0.1) is 0 Å². The van der Waals surface area contributed by atoms with E-state index in [1.54, 1.807) is 7.11 Å². The second-order valence-corrected chi connectivity index (χ2v) is 8.31. The molecule has 0 unspecified atom stereocenters. The Kier molecular flexibility index (Phi) is 5.58. The summed E-state index contributed by atoms with van der Waals surface area (Å²) in [5.41, 5.74) is 3.25. The van der Waals surface area contributed by atoms with E-state index < -0.39 is 11.7 Å². The lowest BCUT2D eigenvalue weighted by Crippen LogP contribution is -2.49. The molecule has 2 aliphatic rings. The van der Waals surface area contributed by atoms with Crippen LogP contribution in [0.4, 0.5) is 15.9 Å². The second-order valence-electron chi connectivity index (χ2n) is 8.31. The smallest absolute Gasteiger partial charge is 0.318 e. The third kappa shape index (κ3) is 3.97. The van der Waals surface area contributed by atoms with Gasteiger partial charge in [0, 0.05) is 49.4 Å². The lowest BCUT2D eigenvalue weighted by atomic mass is 10.0. The van der Waals surface area contributed by atoms with Gasteiger partial charge in [-0.15, -0.1) is 0 Å². The number of carbonyl (C=O) groups is 1. The Labute approximate surface area is 192 Å². The van der Waals surface area contributed by atoms with Crippen molar-refractivity contribution in [1.82, 2.24) is 14.9 Å². The molecule has 5 rings (SSSR count). The zero-order valence-electron chi connectivity index (χ0n) is 18.6. The van der Waals surface area contributed by atoms with Gasteiger partial charge in [0.2, 0.25) is 0 Å². The molecule has 1 amide bonds. The second kappa shape index (κ2) is 8.69. The number of methoxy groups -OCH3 is 1. The third-order valence-electron chi connectivity index (χ3n) is 6.41. The molecule has 1 aromatic heterocycles. The van der Waals surface area contributed by atoms with Gasteiger partial charge in [-0.05, 0) is 17.9 Å². The predicted molar refractivity (Wildman–Crippen MR) is 126 cm³/mol. The van der Waals surface area contributed by atoms with E-state index in [4.69, 9.17) is 4.74 Å². The SMILES string of the molecule is C=C(F)C(=O)N1CCN(c2nc(OC)nc3c2CCN(c2cccc4ccccc24)C3)CC1. The van der Waals surface area contributed by atoms with Crippen LogP contribution in [0.25, 0.3) is 10.8 Å². The Hall–Kier alpha value is -3.68. The number of fused-ring (bicyclic) bond motifs is 2. The standard InChI is InChI=1S/C25H26FN5O2/c1-17(26)24(32)30-14-12-29(13-15-30)23-20-10-11-31(16-21(20)27-25(28-23)33-2)22-9-5-7-18-6-3-4-8-19(18)22/h3-9H,1,10-16H2,2H3. The monoisotopic (exact) mass is 447 g/mol. The number of hydrogen-bond acceptors (Lipinski definition) is 6. The molecule has 0 radical (unpaired) electrons. The Morgan fingerprint density at radius 3 is 2.52 bits per heavy atom. The average molecular weight is 448 g/mol. The van der Waals surface area contributed by atoms with Gasteiger partial charge < -0.3 is 19.4 Å². The van der Waals surface area contributed by atoms with Gasteiger partial charge in [0.1, 0.15) is 5.82 Å². The van der Waals surface area contributed by atoms with Crippen LogP contribution < -0.4 is 14.5 Å². The van der Waals surface area contributed by atoms with Crippen LogP contribution in [0.2, 0.25) is 0 Å². The van der Waals surface area contributed by atoms with Crippen LogP contribution in [0.15, 0.2) is 54.9 Å². The Bertz CT molecular complexity index is 1220. The molecule has 2 aliphatic heterocycles. The first-order valence-corrected chi connectivity index (χ1v) is 11.1. The molecule has 3 aromatic rings. The van der Waals surface area contributed by atoms with Crippen molar-refractivity contribution >= 4 is 28.2 Å². The molecule has 33 heavy (non-hydrogen) atoms. The van der Waals surface area contributed by atoms with E-state index in [0.29, 0.717) is 38.7 Å². The van der Waals surface area contributed by atoms with Gasteiger partial charge in [-0.3, -0.25) is 4.79 Å². The number of piperazine rings is 1. The highest BCUT2D eigenvalue weighted by molar-refractivity contribution is 5.94. The quantitative estimate of drug-likeness (QED) is 0.572. The summed E-state index contributed by atoms with van der Waals surface area (Å²) in [5, 5.41) is 2.44. The van der Waals surface area contributed by atoms with Crippen LogP contribution in [0.5, 0.6) is 6.01 Å². The third-order valence-corrected chi connectivity index (χ3v) is 6.41. The van der Waals surface area contributed by atoms with Gasteiger partial charge >= 0.3 is 6.01 Å². The number of nitrogens with zero attached hydrogens (tertiary/aromatic N) is 5.